The van der Waals surface area contributed by atoms with E-state index in [2.05, 4.69) is 19.9 Å². The average Bonchev–Trinajstić information content (AvgIpc) is 2.89. The van der Waals surface area contributed by atoms with Crippen LogP contribution in [0.25, 0.3) is 16.8 Å². The smallest absolute Gasteiger partial charge is 0.425 e. The molecule has 0 radical (unpaired) electrons. The van der Waals surface area contributed by atoms with Crippen LogP contribution in [0.3, 0.4) is 0 Å². The number of aromatic nitrogens is 4. The molecule has 0 amide bonds. The van der Waals surface area contributed by atoms with E-state index >= 15 is 0 Å². The summed E-state index contributed by atoms with van der Waals surface area (Å²) < 4.78 is 57.7. The summed E-state index contributed by atoms with van der Waals surface area (Å²) in [6.45, 7) is 2.55. The molecule has 0 saturated carbocycles. The van der Waals surface area contributed by atoms with Crippen molar-refractivity contribution >= 4 is 5.65 Å². The zero-order valence-corrected chi connectivity index (χ0v) is 12.7. The zero-order valence-electron chi connectivity index (χ0n) is 12.7. The predicted molar refractivity (Wildman–Crippen MR) is 77.1 cm³/mol. The fraction of sp³-hybridized carbons (Fsp3) is 0.267. The Labute approximate surface area is 133 Å². The minimum atomic E-state index is -4.59. The first-order chi connectivity index (χ1) is 11.3. The zero-order chi connectivity index (χ0) is 17.5. The van der Waals surface area contributed by atoms with E-state index in [9.17, 15) is 17.6 Å². The summed E-state index contributed by atoms with van der Waals surface area (Å²) in [7, 11) is 0. The van der Waals surface area contributed by atoms with Crippen LogP contribution in [0.1, 0.15) is 12.7 Å². The van der Waals surface area contributed by atoms with Gasteiger partial charge in [0.05, 0.1) is 0 Å². The maximum Gasteiger partial charge on any atom is 0.425 e. The number of halogens is 4. The van der Waals surface area contributed by atoms with Gasteiger partial charge in [-0.3, -0.25) is 4.40 Å². The maximum absolute atomic E-state index is 14.0. The Kier molecular flexibility index (Phi) is 3.86. The number of alkyl halides is 3. The molecule has 3 aromatic rings. The lowest BCUT2D eigenvalue weighted by atomic mass is 10.1. The SMILES string of the molecule is Cc1nnc2ccc(-c3cnc(O[C@@H](C)C(F)(F)F)c(F)c3)cn12. The van der Waals surface area contributed by atoms with Crippen LogP contribution in [-0.2, 0) is 0 Å². The normalized spacial score (nSPS) is 13.2. The Bertz CT molecular complexity index is 891. The Morgan fingerprint density at radius 3 is 2.58 bits per heavy atom. The van der Waals surface area contributed by atoms with Crippen molar-refractivity contribution < 1.29 is 22.3 Å². The summed E-state index contributed by atoms with van der Waals surface area (Å²) in [5.74, 6) is -1.01. The van der Waals surface area contributed by atoms with Gasteiger partial charge in [-0.25, -0.2) is 9.37 Å². The molecule has 3 rings (SSSR count). The van der Waals surface area contributed by atoms with E-state index in [0.717, 1.165) is 13.0 Å². The van der Waals surface area contributed by atoms with Crippen molar-refractivity contribution in [2.75, 3.05) is 0 Å². The highest BCUT2D eigenvalue weighted by Gasteiger charge is 2.38. The van der Waals surface area contributed by atoms with E-state index in [4.69, 9.17) is 0 Å². The topological polar surface area (TPSA) is 52.3 Å². The number of ether oxygens (including phenoxy) is 1. The molecule has 0 aromatic carbocycles. The van der Waals surface area contributed by atoms with Gasteiger partial charge in [0.2, 0.25) is 0 Å². The van der Waals surface area contributed by atoms with E-state index in [1.165, 1.54) is 6.20 Å². The number of hydrogen-bond acceptors (Lipinski definition) is 4. The molecule has 3 aromatic heterocycles. The molecule has 0 fully saturated rings. The van der Waals surface area contributed by atoms with E-state index < -0.39 is 24.0 Å². The Morgan fingerprint density at radius 1 is 1.17 bits per heavy atom. The first kappa shape index (κ1) is 16.2. The van der Waals surface area contributed by atoms with Gasteiger partial charge in [-0.1, -0.05) is 0 Å². The second kappa shape index (κ2) is 5.73. The first-order valence-electron chi connectivity index (χ1n) is 6.96. The van der Waals surface area contributed by atoms with Crippen molar-refractivity contribution in [1.29, 1.82) is 0 Å². The molecule has 0 aliphatic carbocycles. The van der Waals surface area contributed by atoms with Crippen molar-refractivity contribution in [3.8, 4) is 17.0 Å². The minimum Gasteiger partial charge on any atom is -0.463 e. The lowest BCUT2D eigenvalue weighted by molar-refractivity contribution is -0.190. The molecule has 0 unspecified atom stereocenters. The third kappa shape index (κ3) is 3.01. The lowest BCUT2D eigenvalue weighted by Crippen LogP contribution is -2.31. The standard InChI is InChI=1S/C15H12F4N4O/c1-8(15(17,18)19)24-14-12(16)5-11(6-20-14)10-3-4-13-22-21-9(2)23(13)7-10/h3-8H,1-2H3/t8-/m0/s1. The maximum atomic E-state index is 14.0. The molecule has 0 saturated heterocycles. The summed E-state index contributed by atoms with van der Waals surface area (Å²) in [5, 5.41) is 7.85. The molecule has 24 heavy (non-hydrogen) atoms. The number of aryl methyl sites for hydroxylation is 1. The molecule has 1 atom stereocenters. The molecule has 5 nitrogen and oxygen atoms in total. The van der Waals surface area contributed by atoms with Crippen molar-refractivity contribution in [3.63, 3.8) is 0 Å². The molecule has 0 spiro atoms. The number of hydrogen-bond donors (Lipinski definition) is 0. The molecule has 0 aliphatic heterocycles. The molecule has 0 N–H and O–H groups in total. The molecule has 0 bridgehead atoms. The second-order valence-corrected chi connectivity index (χ2v) is 5.21. The van der Waals surface area contributed by atoms with Crippen LogP contribution in [0.15, 0.2) is 30.6 Å². The van der Waals surface area contributed by atoms with Gasteiger partial charge in [0, 0.05) is 23.5 Å². The van der Waals surface area contributed by atoms with Crippen molar-refractivity contribution in [1.82, 2.24) is 19.6 Å². The summed E-state index contributed by atoms with van der Waals surface area (Å²) in [6.07, 6.45) is -3.80. The number of pyridine rings is 2. The van der Waals surface area contributed by atoms with Crippen LogP contribution in [0.2, 0.25) is 0 Å². The van der Waals surface area contributed by atoms with Crippen molar-refractivity contribution in [3.05, 3.63) is 42.2 Å². The van der Waals surface area contributed by atoms with E-state index in [-0.39, 0.29) is 0 Å². The van der Waals surface area contributed by atoms with Gasteiger partial charge in [0.15, 0.2) is 17.6 Å². The van der Waals surface area contributed by atoms with Gasteiger partial charge < -0.3 is 4.74 Å². The molecule has 3 heterocycles. The van der Waals surface area contributed by atoms with Crippen LogP contribution >= 0.6 is 0 Å². The van der Waals surface area contributed by atoms with E-state index in [0.29, 0.717) is 22.6 Å². The van der Waals surface area contributed by atoms with Crippen LogP contribution in [-0.4, -0.2) is 31.9 Å². The van der Waals surface area contributed by atoms with Gasteiger partial charge in [-0.2, -0.15) is 13.2 Å². The third-order valence-electron chi connectivity index (χ3n) is 3.46. The summed E-state index contributed by atoms with van der Waals surface area (Å²) >= 11 is 0. The van der Waals surface area contributed by atoms with Crippen molar-refractivity contribution in [2.45, 2.75) is 26.1 Å². The highest BCUT2D eigenvalue weighted by molar-refractivity contribution is 5.64. The number of fused-ring (bicyclic) bond motifs is 1. The monoisotopic (exact) mass is 340 g/mol. The number of nitrogens with zero attached hydrogens (tertiary/aromatic N) is 4. The lowest BCUT2D eigenvalue weighted by Gasteiger charge is -2.17. The molecular weight excluding hydrogens is 328 g/mol. The number of rotatable bonds is 3. The Balaban J connectivity index is 1.92. The Hall–Kier alpha value is -2.71. The highest BCUT2D eigenvalue weighted by atomic mass is 19.4. The first-order valence-corrected chi connectivity index (χ1v) is 6.96. The fourth-order valence-electron chi connectivity index (χ4n) is 2.08. The van der Waals surface area contributed by atoms with E-state index in [1.54, 1.807) is 29.7 Å². The van der Waals surface area contributed by atoms with Crippen LogP contribution in [0.4, 0.5) is 17.6 Å². The predicted octanol–water partition coefficient (Wildman–Crippen LogP) is 3.57. The minimum absolute atomic E-state index is 0.398. The molecule has 126 valence electrons. The highest BCUT2D eigenvalue weighted by Crippen LogP contribution is 2.28. The summed E-state index contributed by atoms with van der Waals surface area (Å²) in [6, 6.07) is 4.47. The quantitative estimate of drug-likeness (QED) is 0.684. The van der Waals surface area contributed by atoms with E-state index in [1.807, 2.05) is 0 Å². The van der Waals surface area contributed by atoms with Gasteiger partial charge in [0.1, 0.15) is 5.82 Å². The molecule has 0 aliphatic rings. The fourth-order valence-corrected chi connectivity index (χ4v) is 2.08. The van der Waals surface area contributed by atoms with Gasteiger partial charge in [0.25, 0.3) is 5.88 Å². The summed E-state index contributed by atoms with van der Waals surface area (Å²) in [5.41, 5.74) is 1.64. The largest absolute Gasteiger partial charge is 0.463 e. The molecule has 9 heteroatoms. The van der Waals surface area contributed by atoms with Crippen LogP contribution in [0.5, 0.6) is 5.88 Å². The second-order valence-electron chi connectivity index (χ2n) is 5.21. The van der Waals surface area contributed by atoms with Crippen molar-refractivity contribution in [2.24, 2.45) is 0 Å². The Morgan fingerprint density at radius 2 is 1.92 bits per heavy atom. The van der Waals surface area contributed by atoms with Gasteiger partial charge >= 0.3 is 6.18 Å². The van der Waals surface area contributed by atoms with Crippen LogP contribution in [0, 0.1) is 12.7 Å². The summed E-state index contributed by atoms with van der Waals surface area (Å²) in [4.78, 5) is 3.66. The van der Waals surface area contributed by atoms with Gasteiger partial charge in [-0.05, 0) is 32.0 Å². The third-order valence-corrected chi connectivity index (χ3v) is 3.46. The molecular formula is C15H12F4N4O. The van der Waals surface area contributed by atoms with Crippen LogP contribution < -0.4 is 4.74 Å². The average molecular weight is 340 g/mol. The van der Waals surface area contributed by atoms with Gasteiger partial charge in [-0.15, -0.1) is 10.2 Å².